The Hall–Kier alpha value is -0.200. The van der Waals surface area contributed by atoms with Crippen LogP contribution in [0, 0.1) is 29.1 Å². The van der Waals surface area contributed by atoms with Gasteiger partial charge in [0.1, 0.15) is 0 Å². The number of hydrogen-bond donors (Lipinski definition) is 0. The average Bonchev–Trinajstić information content (AvgIpc) is 2.09. The van der Waals surface area contributed by atoms with E-state index in [-0.39, 0.29) is 0 Å². The summed E-state index contributed by atoms with van der Waals surface area (Å²) in [4.78, 5) is -1.18. The maximum Gasteiger partial charge on any atom is 0.200 e. The summed E-state index contributed by atoms with van der Waals surface area (Å²) in [6, 6.07) is 0. The molecule has 8 heteroatoms. The normalized spacial score (nSPS) is 13.1. The molecule has 0 aliphatic rings. The fourth-order valence-electron chi connectivity index (χ4n) is 0.899. The Balaban J connectivity index is 3.68. The zero-order valence-corrected chi connectivity index (χ0v) is 9.38. The fourth-order valence-corrected chi connectivity index (χ4v) is 2.52. The van der Waals surface area contributed by atoms with Crippen molar-refractivity contribution in [2.75, 3.05) is 6.26 Å². The summed E-state index contributed by atoms with van der Waals surface area (Å²) in [6.45, 7) is 0. The Kier molecular flexibility index (Phi) is 3.42. The molecule has 0 aromatic heterocycles. The Morgan fingerprint density at radius 3 is 1.27 bits per heavy atom. The van der Waals surface area contributed by atoms with Crippen LogP contribution in [0.5, 0.6) is 0 Å². The molecular weight excluding hydrogens is 282 g/mol. The van der Waals surface area contributed by atoms with E-state index in [0.717, 1.165) is 6.26 Å². The van der Waals surface area contributed by atoms with E-state index < -0.39 is 42.4 Å². The Labute approximate surface area is 92.3 Å². The molecule has 86 valence electrons. The molecule has 1 aromatic carbocycles. The summed E-state index contributed by atoms with van der Waals surface area (Å²) < 4.78 is 64.0. The largest absolute Gasteiger partial charge is 0.202 e. The van der Waals surface area contributed by atoms with E-state index >= 15 is 0 Å². The zero-order valence-electron chi connectivity index (χ0n) is 7.05. The molecule has 1 rings (SSSR count). The smallest absolute Gasteiger partial charge is 0.200 e. The Morgan fingerprint density at radius 1 is 0.733 bits per heavy atom. The first-order chi connectivity index (χ1) is 6.68. The molecule has 0 spiro atoms. The lowest BCUT2D eigenvalue weighted by Crippen LogP contribution is -2.05. The molecule has 15 heavy (non-hydrogen) atoms. The van der Waals surface area contributed by atoms with Gasteiger partial charge in [-0.3, -0.25) is 0 Å². The van der Waals surface area contributed by atoms with Crippen LogP contribution in [0.3, 0.4) is 0 Å². The van der Waals surface area contributed by atoms with Crippen LogP contribution in [-0.4, -0.2) is 6.26 Å². The molecule has 0 bridgehead atoms. The van der Waals surface area contributed by atoms with Crippen molar-refractivity contribution in [2.24, 2.45) is 0 Å². The van der Waals surface area contributed by atoms with Crippen molar-refractivity contribution in [3.63, 3.8) is 0 Å². The lowest BCUT2D eigenvalue weighted by atomic mass is 10.3. The molecule has 0 nitrogen and oxygen atoms in total. The van der Waals surface area contributed by atoms with Gasteiger partial charge in [-0.05, 0) is 27.6 Å². The van der Waals surface area contributed by atoms with Crippen LogP contribution in [0.25, 0.3) is 0 Å². The molecule has 0 unspecified atom stereocenters. The van der Waals surface area contributed by atoms with Gasteiger partial charge in [-0.1, -0.05) is 8.46 Å². The van der Waals surface area contributed by atoms with Gasteiger partial charge in [-0.15, -0.1) is 0 Å². The van der Waals surface area contributed by atoms with E-state index in [0.29, 0.717) is 0 Å². The maximum atomic E-state index is 13.0. The van der Waals surface area contributed by atoms with Gasteiger partial charge in [-0.2, -0.15) is 0 Å². The fraction of sp³-hybridized carbons (Fsp3) is 0.143. The molecule has 0 aliphatic heterocycles. The van der Waals surface area contributed by atoms with E-state index in [2.05, 4.69) is 0 Å². The van der Waals surface area contributed by atoms with Crippen molar-refractivity contribution in [3.8, 4) is 0 Å². The molecule has 0 radical (unpaired) electrons. The standard InChI is InChI=1S/C7H3Cl2F5S/c1-15(8,9)7-5(13)3(11)2(10)4(12)6(7)14/h1H3. The minimum absolute atomic E-state index is 0.981. The summed E-state index contributed by atoms with van der Waals surface area (Å²) in [5.74, 6) is -10.3. The number of rotatable bonds is 1. The van der Waals surface area contributed by atoms with Crippen LogP contribution < -0.4 is 0 Å². The van der Waals surface area contributed by atoms with Gasteiger partial charge < -0.3 is 0 Å². The highest BCUT2D eigenvalue weighted by Crippen LogP contribution is 2.63. The predicted molar refractivity (Wildman–Crippen MR) is 49.7 cm³/mol. The molecular formula is C7H3Cl2F5S. The quantitative estimate of drug-likeness (QED) is 0.405. The summed E-state index contributed by atoms with van der Waals surface area (Å²) in [5, 5.41) is 0. The van der Waals surface area contributed by atoms with Crippen LogP contribution >= 0.6 is 29.8 Å². The van der Waals surface area contributed by atoms with E-state index in [9.17, 15) is 22.0 Å². The third-order valence-electron chi connectivity index (χ3n) is 1.53. The molecule has 0 heterocycles. The highest BCUT2D eigenvalue weighted by Gasteiger charge is 2.32. The minimum atomic E-state index is -3.08. The van der Waals surface area contributed by atoms with E-state index in [1.807, 2.05) is 0 Å². The zero-order chi connectivity index (χ0) is 12.0. The first-order valence-electron chi connectivity index (χ1n) is 3.37. The lowest BCUT2D eigenvalue weighted by molar-refractivity contribution is 0.360. The van der Waals surface area contributed by atoms with Crippen molar-refractivity contribution >= 4 is 29.8 Å². The molecule has 0 saturated carbocycles. The van der Waals surface area contributed by atoms with Gasteiger partial charge >= 0.3 is 0 Å². The average molecular weight is 285 g/mol. The topological polar surface area (TPSA) is 0 Å². The van der Waals surface area contributed by atoms with E-state index in [1.54, 1.807) is 0 Å². The minimum Gasteiger partial charge on any atom is -0.202 e. The predicted octanol–water partition coefficient (Wildman–Crippen LogP) is 4.48. The summed E-state index contributed by atoms with van der Waals surface area (Å²) in [6.07, 6.45) is 0.981. The maximum absolute atomic E-state index is 13.0. The summed E-state index contributed by atoms with van der Waals surface area (Å²) >= 11 is 0. The highest BCUT2D eigenvalue weighted by atomic mass is 36.0. The van der Waals surface area contributed by atoms with Crippen molar-refractivity contribution in [2.45, 2.75) is 4.90 Å². The second kappa shape index (κ2) is 3.99. The highest BCUT2D eigenvalue weighted by molar-refractivity contribution is 8.65. The second-order valence-corrected chi connectivity index (χ2v) is 8.66. The molecule has 0 fully saturated rings. The summed E-state index contributed by atoms with van der Waals surface area (Å²) in [7, 11) is 7.68. The first-order valence-corrected chi connectivity index (χ1v) is 7.06. The first kappa shape index (κ1) is 12.9. The van der Waals surface area contributed by atoms with Crippen molar-refractivity contribution in [1.29, 1.82) is 0 Å². The van der Waals surface area contributed by atoms with Gasteiger partial charge in [0.15, 0.2) is 23.3 Å². The van der Waals surface area contributed by atoms with Crippen molar-refractivity contribution in [1.82, 2.24) is 0 Å². The molecule has 0 amide bonds. The molecule has 0 aliphatic carbocycles. The van der Waals surface area contributed by atoms with E-state index in [4.69, 9.17) is 21.4 Å². The molecule has 0 saturated heterocycles. The summed E-state index contributed by atoms with van der Waals surface area (Å²) in [5.41, 5.74) is 0. The van der Waals surface area contributed by atoms with Gasteiger partial charge in [0, 0.05) is 0 Å². The van der Waals surface area contributed by atoms with Gasteiger partial charge in [0.25, 0.3) is 0 Å². The van der Waals surface area contributed by atoms with Crippen LogP contribution in [0.1, 0.15) is 0 Å². The SMILES string of the molecule is CS(Cl)(Cl)c1c(F)c(F)c(F)c(F)c1F. The van der Waals surface area contributed by atoms with Crippen molar-refractivity contribution in [3.05, 3.63) is 29.1 Å². The van der Waals surface area contributed by atoms with Gasteiger partial charge in [0.2, 0.25) is 5.82 Å². The number of benzene rings is 1. The van der Waals surface area contributed by atoms with Crippen LogP contribution in [-0.2, 0) is 0 Å². The monoisotopic (exact) mass is 284 g/mol. The lowest BCUT2D eigenvalue weighted by Gasteiger charge is -2.20. The van der Waals surface area contributed by atoms with E-state index in [1.165, 1.54) is 0 Å². The molecule has 0 atom stereocenters. The van der Waals surface area contributed by atoms with Crippen molar-refractivity contribution < 1.29 is 22.0 Å². The van der Waals surface area contributed by atoms with Crippen LogP contribution in [0.4, 0.5) is 22.0 Å². The Bertz CT molecular complexity index is 386. The third kappa shape index (κ3) is 2.16. The molecule has 0 N–H and O–H groups in total. The number of hydrogen-bond acceptors (Lipinski definition) is 0. The van der Waals surface area contributed by atoms with Gasteiger partial charge in [-0.25, -0.2) is 22.0 Å². The van der Waals surface area contributed by atoms with Gasteiger partial charge in [0.05, 0.1) is 4.90 Å². The number of halogens is 7. The third-order valence-corrected chi connectivity index (χ3v) is 3.53. The van der Waals surface area contributed by atoms with Crippen LogP contribution in [0.2, 0.25) is 0 Å². The second-order valence-electron chi connectivity index (χ2n) is 2.62. The Morgan fingerprint density at radius 2 is 1.00 bits per heavy atom. The molecule has 1 aromatic rings. The van der Waals surface area contributed by atoms with Crippen LogP contribution in [0.15, 0.2) is 4.90 Å².